The predicted molar refractivity (Wildman–Crippen MR) is 85.9 cm³/mol. The van der Waals surface area contributed by atoms with Crippen molar-refractivity contribution in [3.63, 3.8) is 0 Å². The number of hydrogen-bond acceptors (Lipinski definition) is 5. The Hall–Kier alpha value is -2.41. The van der Waals surface area contributed by atoms with Crippen molar-refractivity contribution in [2.75, 3.05) is 24.7 Å². The van der Waals surface area contributed by atoms with Crippen LogP contribution in [-0.4, -0.2) is 22.6 Å². The van der Waals surface area contributed by atoms with Gasteiger partial charge in [-0.2, -0.15) is 0 Å². The highest BCUT2D eigenvalue weighted by Gasteiger charge is 2.21. The number of rotatable bonds is 5. The molecule has 0 fully saturated rings. The van der Waals surface area contributed by atoms with Gasteiger partial charge in [0.05, 0.1) is 19.9 Å². The lowest BCUT2D eigenvalue weighted by Gasteiger charge is -2.14. The standard InChI is InChI=1S/C15H18N2O4S/c1-10-8-11(16)4-6-13(10)17-22(18,19)15-9-12(20-2)5-7-14(15)21-3/h4-9,17H,16H2,1-3H3. The zero-order chi connectivity index (χ0) is 16.3. The van der Waals surface area contributed by atoms with Crippen LogP contribution in [0, 0.1) is 6.92 Å². The Bertz CT molecular complexity index is 788. The Morgan fingerprint density at radius 2 is 1.77 bits per heavy atom. The maximum absolute atomic E-state index is 12.6. The fourth-order valence-electron chi connectivity index (χ4n) is 2.00. The third-order valence-corrected chi connectivity index (χ3v) is 4.54. The minimum absolute atomic E-state index is 0.00516. The molecule has 2 aromatic rings. The van der Waals surface area contributed by atoms with Crippen LogP contribution in [0.3, 0.4) is 0 Å². The van der Waals surface area contributed by atoms with E-state index in [9.17, 15) is 8.42 Å². The SMILES string of the molecule is COc1ccc(OC)c(S(=O)(=O)Nc2ccc(N)cc2C)c1. The van der Waals surface area contributed by atoms with Gasteiger partial charge >= 0.3 is 0 Å². The molecule has 7 heteroatoms. The number of sulfonamides is 1. The van der Waals surface area contributed by atoms with E-state index >= 15 is 0 Å². The first-order chi connectivity index (χ1) is 10.4. The highest BCUT2D eigenvalue weighted by Crippen LogP contribution is 2.30. The number of hydrogen-bond donors (Lipinski definition) is 2. The van der Waals surface area contributed by atoms with Gasteiger partial charge in [-0.15, -0.1) is 0 Å². The van der Waals surface area contributed by atoms with Crippen LogP contribution in [0.15, 0.2) is 41.3 Å². The fourth-order valence-corrected chi connectivity index (χ4v) is 3.31. The first-order valence-electron chi connectivity index (χ1n) is 6.48. The summed E-state index contributed by atoms with van der Waals surface area (Å²) in [7, 11) is -0.940. The number of nitrogen functional groups attached to an aromatic ring is 1. The fraction of sp³-hybridized carbons (Fsp3) is 0.200. The van der Waals surface area contributed by atoms with E-state index in [1.165, 1.54) is 20.3 Å². The molecule has 0 aromatic heterocycles. The van der Waals surface area contributed by atoms with Crippen LogP contribution in [0.5, 0.6) is 11.5 Å². The molecule has 3 N–H and O–H groups in total. The molecule has 0 aliphatic heterocycles. The molecule has 0 amide bonds. The summed E-state index contributed by atoms with van der Waals surface area (Å²) in [4.78, 5) is 0.00516. The Labute approximate surface area is 129 Å². The lowest BCUT2D eigenvalue weighted by molar-refractivity contribution is 0.392. The molecule has 0 bridgehead atoms. The number of nitrogens with two attached hydrogens (primary N) is 1. The van der Waals surface area contributed by atoms with Crippen LogP contribution in [-0.2, 0) is 10.0 Å². The molecule has 118 valence electrons. The van der Waals surface area contributed by atoms with Gasteiger partial charge in [0.2, 0.25) is 0 Å². The van der Waals surface area contributed by atoms with Crippen molar-refractivity contribution >= 4 is 21.4 Å². The Kier molecular flexibility index (Phi) is 4.46. The second-order valence-electron chi connectivity index (χ2n) is 4.70. The molecule has 0 aliphatic rings. The minimum Gasteiger partial charge on any atom is -0.497 e. The number of nitrogens with one attached hydrogen (secondary N) is 1. The number of ether oxygens (including phenoxy) is 2. The predicted octanol–water partition coefficient (Wildman–Crippen LogP) is 2.40. The minimum atomic E-state index is -3.82. The van der Waals surface area contributed by atoms with E-state index in [1.54, 1.807) is 37.3 Å². The van der Waals surface area contributed by atoms with Crippen molar-refractivity contribution in [3.8, 4) is 11.5 Å². The van der Waals surface area contributed by atoms with E-state index in [-0.39, 0.29) is 10.6 Å². The third-order valence-electron chi connectivity index (χ3n) is 3.16. The van der Waals surface area contributed by atoms with Gasteiger partial charge in [0.15, 0.2) is 0 Å². The molecule has 22 heavy (non-hydrogen) atoms. The van der Waals surface area contributed by atoms with E-state index in [0.717, 1.165) is 5.56 Å². The molecule has 0 spiro atoms. The second kappa shape index (κ2) is 6.15. The quantitative estimate of drug-likeness (QED) is 0.825. The lowest BCUT2D eigenvalue weighted by Crippen LogP contribution is -2.15. The summed E-state index contributed by atoms with van der Waals surface area (Å²) in [6.07, 6.45) is 0. The van der Waals surface area contributed by atoms with E-state index in [4.69, 9.17) is 15.2 Å². The first-order valence-corrected chi connectivity index (χ1v) is 7.96. The highest BCUT2D eigenvalue weighted by atomic mass is 32.2. The molecule has 0 saturated carbocycles. The van der Waals surface area contributed by atoms with Crippen LogP contribution >= 0.6 is 0 Å². The molecule has 2 aromatic carbocycles. The van der Waals surface area contributed by atoms with Crippen molar-refractivity contribution in [1.82, 2.24) is 0 Å². The highest BCUT2D eigenvalue weighted by molar-refractivity contribution is 7.92. The largest absolute Gasteiger partial charge is 0.497 e. The monoisotopic (exact) mass is 322 g/mol. The summed E-state index contributed by atoms with van der Waals surface area (Å²) in [6, 6.07) is 9.53. The average molecular weight is 322 g/mol. The molecule has 0 heterocycles. The smallest absolute Gasteiger partial charge is 0.265 e. The molecule has 0 aliphatic carbocycles. The second-order valence-corrected chi connectivity index (χ2v) is 6.35. The zero-order valence-corrected chi connectivity index (χ0v) is 13.4. The number of methoxy groups -OCH3 is 2. The van der Waals surface area contributed by atoms with Gasteiger partial charge in [0.1, 0.15) is 16.4 Å². The molecule has 2 rings (SSSR count). The average Bonchev–Trinajstić information content (AvgIpc) is 2.49. The number of aryl methyl sites for hydroxylation is 1. The van der Waals surface area contributed by atoms with Crippen molar-refractivity contribution in [3.05, 3.63) is 42.0 Å². The van der Waals surface area contributed by atoms with Crippen LogP contribution < -0.4 is 19.9 Å². The van der Waals surface area contributed by atoms with Crippen molar-refractivity contribution in [2.45, 2.75) is 11.8 Å². The van der Waals surface area contributed by atoms with Crippen molar-refractivity contribution in [1.29, 1.82) is 0 Å². The molecule has 0 saturated heterocycles. The number of anilines is 2. The summed E-state index contributed by atoms with van der Waals surface area (Å²) < 4.78 is 38.0. The molecular formula is C15H18N2O4S. The zero-order valence-electron chi connectivity index (χ0n) is 12.6. The summed E-state index contributed by atoms with van der Waals surface area (Å²) in [6.45, 7) is 1.77. The van der Waals surface area contributed by atoms with Gasteiger partial charge in [0.25, 0.3) is 10.0 Å². The van der Waals surface area contributed by atoms with Crippen LogP contribution in [0.25, 0.3) is 0 Å². The van der Waals surface area contributed by atoms with Crippen molar-refractivity contribution in [2.24, 2.45) is 0 Å². The summed E-state index contributed by atoms with van der Waals surface area (Å²) in [5, 5.41) is 0. The van der Waals surface area contributed by atoms with Gasteiger partial charge in [0, 0.05) is 11.8 Å². The third kappa shape index (κ3) is 3.25. The van der Waals surface area contributed by atoms with Crippen molar-refractivity contribution < 1.29 is 17.9 Å². The maximum atomic E-state index is 12.6. The van der Waals surface area contributed by atoms with Gasteiger partial charge in [-0.3, -0.25) is 4.72 Å². The topological polar surface area (TPSA) is 90.6 Å². The molecular weight excluding hydrogens is 304 g/mol. The van der Waals surface area contributed by atoms with E-state index in [2.05, 4.69) is 4.72 Å². The summed E-state index contributed by atoms with van der Waals surface area (Å²) >= 11 is 0. The Morgan fingerprint density at radius 1 is 1.05 bits per heavy atom. The molecule has 0 unspecified atom stereocenters. The number of benzene rings is 2. The molecule has 0 radical (unpaired) electrons. The van der Waals surface area contributed by atoms with Gasteiger partial charge in [-0.1, -0.05) is 0 Å². The first kappa shape index (κ1) is 16.0. The van der Waals surface area contributed by atoms with Crippen LogP contribution in [0.2, 0.25) is 0 Å². The van der Waals surface area contributed by atoms with E-state index < -0.39 is 10.0 Å². The molecule has 6 nitrogen and oxygen atoms in total. The van der Waals surface area contributed by atoms with E-state index in [0.29, 0.717) is 17.1 Å². The van der Waals surface area contributed by atoms with Gasteiger partial charge < -0.3 is 15.2 Å². The van der Waals surface area contributed by atoms with Crippen LogP contribution in [0.1, 0.15) is 5.56 Å². The van der Waals surface area contributed by atoms with Crippen LogP contribution in [0.4, 0.5) is 11.4 Å². The molecule has 0 atom stereocenters. The lowest BCUT2D eigenvalue weighted by atomic mass is 10.2. The Morgan fingerprint density at radius 3 is 2.36 bits per heavy atom. The normalized spacial score (nSPS) is 11.0. The summed E-state index contributed by atoms with van der Waals surface area (Å²) in [5.41, 5.74) is 7.43. The van der Waals surface area contributed by atoms with Gasteiger partial charge in [-0.05, 0) is 42.8 Å². The summed E-state index contributed by atoms with van der Waals surface area (Å²) in [5.74, 6) is 0.664. The van der Waals surface area contributed by atoms with E-state index in [1.807, 2.05) is 0 Å². The van der Waals surface area contributed by atoms with Gasteiger partial charge in [-0.25, -0.2) is 8.42 Å². The Balaban J connectivity index is 2.46. The maximum Gasteiger partial charge on any atom is 0.265 e.